The molecule has 0 saturated heterocycles. The molecule has 7 heteroatoms. The Hall–Kier alpha value is -2.77. The first-order valence-electron chi connectivity index (χ1n) is 9.79. The molecule has 0 bridgehead atoms. The van der Waals surface area contributed by atoms with Crippen LogP contribution in [0.1, 0.15) is 17.5 Å². The molecule has 4 aromatic rings. The molecule has 1 amide bonds. The third-order valence-corrected chi connectivity index (χ3v) is 6.76. The predicted octanol–water partition coefficient (Wildman–Crippen LogP) is 6.60. The lowest BCUT2D eigenvalue weighted by molar-refractivity contribution is -0.118. The summed E-state index contributed by atoms with van der Waals surface area (Å²) < 4.78 is 28.2. The van der Waals surface area contributed by atoms with Crippen molar-refractivity contribution in [1.29, 1.82) is 0 Å². The van der Waals surface area contributed by atoms with Gasteiger partial charge in [0.1, 0.15) is 11.3 Å². The van der Waals surface area contributed by atoms with Crippen LogP contribution in [0.4, 0.5) is 13.9 Å². The van der Waals surface area contributed by atoms with Crippen molar-refractivity contribution in [3.05, 3.63) is 89.5 Å². The summed E-state index contributed by atoms with van der Waals surface area (Å²) in [6.07, 6.45) is 0.304. The third kappa shape index (κ3) is 5.29. The molecule has 0 fully saturated rings. The second kappa shape index (κ2) is 9.58. The van der Waals surface area contributed by atoms with Gasteiger partial charge in [-0.15, -0.1) is 11.8 Å². The molecule has 31 heavy (non-hydrogen) atoms. The van der Waals surface area contributed by atoms with Gasteiger partial charge in [0, 0.05) is 23.1 Å². The molecular formula is C24H20F2N2OS2. The van der Waals surface area contributed by atoms with E-state index in [1.54, 1.807) is 16.7 Å². The molecule has 0 atom stereocenters. The molecule has 0 unspecified atom stereocenters. The summed E-state index contributed by atoms with van der Waals surface area (Å²) in [5, 5.41) is 0.369. The molecule has 3 nitrogen and oxygen atoms in total. The van der Waals surface area contributed by atoms with Crippen molar-refractivity contribution in [2.45, 2.75) is 24.8 Å². The van der Waals surface area contributed by atoms with Crippen molar-refractivity contribution in [2.24, 2.45) is 0 Å². The van der Waals surface area contributed by atoms with Gasteiger partial charge in [-0.1, -0.05) is 59.4 Å². The van der Waals surface area contributed by atoms with E-state index in [0.29, 0.717) is 28.5 Å². The van der Waals surface area contributed by atoms with E-state index in [4.69, 9.17) is 0 Å². The fraction of sp³-hybridized carbons (Fsp3) is 0.167. The van der Waals surface area contributed by atoms with Crippen LogP contribution in [0.5, 0.6) is 0 Å². The summed E-state index contributed by atoms with van der Waals surface area (Å²) in [7, 11) is 0. The number of anilines is 1. The van der Waals surface area contributed by atoms with Gasteiger partial charge in [-0.2, -0.15) is 0 Å². The molecule has 1 aromatic heterocycles. The molecule has 3 aromatic carbocycles. The van der Waals surface area contributed by atoms with Crippen LogP contribution in [0, 0.1) is 18.6 Å². The van der Waals surface area contributed by atoms with Gasteiger partial charge < -0.3 is 0 Å². The molecule has 0 aliphatic carbocycles. The van der Waals surface area contributed by atoms with E-state index in [0.717, 1.165) is 27.9 Å². The van der Waals surface area contributed by atoms with Gasteiger partial charge in [-0.3, -0.25) is 9.69 Å². The van der Waals surface area contributed by atoms with Gasteiger partial charge >= 0.3 is 0 Å². The Kier molecular flexibility index (Phi) is 6.63. The highest BCUT2D eigenvalue weighted by Crippen LogP contribution is 2.32. The monoisotopic (exact) mass is 454 g/mol. The van der Waals surface area contributed by atoms with E-state index in [2.05, 4.69) is 4.98 Å². The predicted molar refractivity (Wildman–Crippen MR) is 124 cm³/mol. The number of aromatic nitrogens is 1. The van der Waals surface area contributed by atoms with E-state index in [-0.39, 0.29) is 11.4 Å². The maximum atomic E-state index is 14.2. The quantitative estimate of drug-likeness (QED) is 0.295. The lowest BCUT2D eigenvalue weighted by Gasteiger charge is -2.20. The second-order valence-corrected chi connectivity index (χ2v) is 9.29. The largest absolute Gasteiger partial charge is 0.284 e. The number of carbonyl (C=O) groups excluding carboxylic acids is 1. The highest BCUT2D eigenvalue weighted by Gasteiger charge is 2.21. The summed E-state index contributed by atoms with van der Waals surface area (Å²) >= 11 is 2.73. The fourth-order valence-corrected chi connectivity index (χ4v) is 4.98. The zero-order valence-electron chi connectivity index (χ0n) is 16.8. The van der Waals surface area contributed by atoms with Crippen LogP contribution in [0.15, 0.2) is 71.6 Å². The van der Waals surface area contributed by atoms with Crippen LogP contribution in [0.3, 0.4) is 0 Å². The smallest absolute Gasteiger partial charge is 0.229 e. The minimum Gasteiger partial charge on any atom is -0.284 e. The van der Waals surface area contributed by atoms with Crippen LogP contribution in [0.2, 0.25) is 0 Å². The summed E-state index contributed by atoms with van der Waals surface area (Å²) in [5.41, 5.74) is 2.21. The van der Waals surface area contributed by atoms with Crippen LogP contribution >= 0.6 is 23.1 Å². The Balaban J connectivity index is 1.55. The number of hydrogen-bond acceptors (Lipinski definition) is 4. The van der Waals surface area contributed by atoms with Crippen molar-refractivity contribution in [3.8, 4) is 0 Å². The highest BCUT2D eigenvalue weighted by molar-refractivity contribution is 7.99. The second-order valence-electron chi connectivity index (χ2n) is 7.11. The minimum absolute atomic E-state index is 0.0845. The van der Waals surface area contributed by atoms with E-state index in [9.17, 15) is 13.6 Å². The highest BCUT2D eigenvalue weighted by atomic mass is 32.2. The van der Waals surface area contributed by atoms with Crippen LogP contribution in [-0.4, -0.2) is 16.6 Å². The van der Waals surface area contributed by atoms with Gasteiger partial charge in [0.25, 0.3) is 0 Å². The molecule has 4 rings (SSSR count). The van der Waals surface area contributed by atoms with E-state index >= 15 is 0 Å². The van der Waals surface area contributed by atoms with E-state index in [1.807, 2.05) is 61.5 Å². The number of thiazole rings is 1. The molecule has 0 saturated carbocycles. The Morgan fingerprint density at radius 2 is 1.81 bits per heavy atom. The molecular weight excluding hydrogens is 434 g/mol. The average molecular weight is 455 g/mol. The number of rotatable bonds is 7. The molecule has 0 radical (unpaired) electrons. The SMILES string of the molecule is Cc1ccc(SCCC(=O)N(Cc2ccccc2)c2nc3c(F)cc(F)cc3s2)cc1. The topological polar surface area (TPSA) is 33.2 Å². The molecule has 158 valence electrons. The summed E-state index contributed by atoms with van der Waals surface area (Å²) in [4.78, 5) is 20.1. The van der Waals surface area contributed by atoms with Crippen molar-refractivity contribution in [2.75, 3.05) is 10.7 Å². The number of thioether (sulfide) groups is 1. The molecule has 0 N–H and O–H groups in total. The maximum Gasteiger partial charge on any atom is 0.229 e. The van der Waals surface area contributed by atoms with Crippen LogP contribution in [0.25, 0.3) is 10.2 Å². The standard InChI is InChI=1S/C24H20F2N2OS2/c1-16-7-9-19(10-8-16)30-12-11-22(29)28(15-17-5-3-2-4-6-17)24-27-23-20(26)13-18(25)14-21(23)31-24/h2-10,13-14H,11-12,15H2,1H3. The molecule has 0 aliphatic heterocycles. The maximum absolute atomic E-state index is 14.2. The average Bonchev–Trinajstić information content (AvgIpc) is 3.18. The minimum atomic E-state index is -0.723. The van der Waals surface area contributed by atoms with E-state index < -0.39 is 11.6 Å². The van der Waals surface area contributed by atoms with Gasteiger partial charge in [0.15, 0.2) is 10.9 Å². The molecule has 0 spiro atoms. The van der Waals surface area contributed by atoms with Crippen molar-refractivity contribution in [1.82, 2.24) is 4.98 Å². The van der Waals surface area contributed by atoms with E-state index in [1.165, 1.54) is 11.6 Å². The third-order valence-electron chi connectivity index (χ3n) is 4.72. The first-order valence-corrected chi connectivity index (χ1v) is 11.6. The lowest BCUT2D eigenvalue weighted by atomic mass is 10.2. The first-order chi connectivity index (χ1) is 15.0. The number of benzene rings is 3. The Bertz CT molecular complexity index is 1190. The summed E-state index contributed by atoms with van der Waals surface area (Å²) in [6.45, 7) is 2.35. The van der Waals surface area contributed by atoms with Crippen LogP contribution in [-0.2, 0) is 11.3 Å². The lowest BCUT2D eigenvalue weighted by Crippen LogP contribution is -2.30. The Morgan fingerprint density at radius 1 is 1.06 bits per heavy atom. The molecule has 1 heterocycles. The Labute approximate surface area is 187 Å². The van der Waals surface area contributed by atoms with Crippen molar-refractivity contribution >= 4 is 44.4 Å². The number of hydrogen-bond donors (Lipinski definition) is 0. The molecule has 0 aliphatic rings. The number of amides is 1. The van der Waals surface area contributed by atoms with Gasteiger partial charge in [-0.25, -0.2) is 13.8 Å². The number of halogens is 2. The fourth-order valence-electron chi connectivity index (χ4n) is 3.12. The van der Waals surface area contributed by atoms with Crippen molar-refractivity contribution in [3.63, 3.8) is 0 Å². The van der Waals surface area contributed by atoms with Gasteiger partial charge in [0.2, 0.25) is 5.91 Å². The number of aryl methyl sites for hydroxylation is 1. The number of carbonyl (C=O) groups is 1. The van der Waals surface area contributed by atoms with Gasteiger partial charge in [-0.05, 0) is 30.7 Å². The first kappa shape index (κ1) is 21.5. The number of nitrogens with zero attached hydrogens (tertiary/aromatic N) is 2. The van der Waals surface area contributed by atoms with Crippen molar-refractivity contribution < 1.29 is 13.6 Å². The Morgan fingerprint density at radius 3 is 2.55 bits per heavy atom. The number of fused-ring (bicyclic) bond motifs is 1. The zero-order valence-corrected chi connectivity index (χ0v) is 18.5. The summed E-state index contributed by atoms with van der Waals surface area (Å²) in [5.74, 6) is -0.875. The summed E-state index contributed by atoms with van der Waals surface area (Å²) in [6, 6.07) is 19.8. The normalized spacial score (nSPS) is 11.1. The van der Waals surface area contributed by atoms with Gasteiger partial charge in [0.05, 0.1) is 11.2 Å². The zero-order chi connectivity index (χ0) is 21.8. The van der Waals surface area contributed by atoms with Crippen LogP contribution < -0.4 is 4.90 Å².